The second-order valence-electron chi connectivity index (χ2n) is 19.9. The molecule has 3 atom stereocenters. The number of ether oxygens (including phenoxy) is 2. The molecule has 1 aromatic heterocycles. The summed E-state index contributed by atoms with van der Waals surface area (Å²) in [5.74, 6) is -1.37. The molecule has 6 aromatic rings. The number of nitrogens with zero attached hydrogens (tertiary/aromatic N) is 4. The monoisotopic (exact) mass is 1070 g/mol. The van der Waals surface area contributed by atoms with E-state index in [4.69, 9.17) is 15.2 Å². The fraction of sp³-hybridized carbons (Fsp3) is 0.357. The predicted molar refractivity (Wildman–Crippen MR) is 287 cm³/mol. The number of aromatic amines is 1. The number of hydrogen-bond acceptors (Lipinski definition) is 9. The quantitative estimate of drug-likeness (QED) is 0.0537. The number of carbonyl (C=O) groups excluding carboxylic acids is 6. The fourth-order valence-electron chi connectivity index (χ4n) is 11.1. The number of piperazine rings is 1. The molecule has 74 heavy (non-hydrogen) atoms. The molecule has 18 heteroatoms. The average Bonchev–Trinajstić information content (AvgIpc) is 4.20. The Morgan fingerprint density at radius 3 is 2.18 bits per heavy atom. The number of nitrogens with two attached hydrogens (primary N) is 1. The lowest BCUT2D eigenvalue weighted by atomic mass is 9.95. The van der Waals surface area contributed by atoms with Gasteiger partial charge in [-0.3, -0.25) is 14.4 Å². The molecule has 5 aromatic carbocycles. The number of alkyl halides is 1. The molecule has 1 fully saturated rings. The second kappa shape index (κ2) is 21.2. The molecule has 0 saturated carbocycles. The van der Waals surface area contributed by atoms with Gasteiger partial charge < -0.3 is 55.7 Å². The van der Waals surface area contributed by atoms with Crippen molar-refractivity contribution in [3.05, 3.63) is 125 Å². The maximum atomic E-state index is 14.8. The van der Waals surface area contributed by atoms with Crippen molar-refractivity contribution in [3.63, 3.8) is 0 Å². The number of alkyl carbamates (subject to hydrolysis) is 1. The first kappa shape index (κ1) is 50.1. The van der Waals surface area contributed by atoms with Crippen molar-refractivity contribution >= 4 is 84.9 Å². The largest absolute Gasteiger partial charge is 0.449 e. The number of urea groups is 1. The Balaban J connectivity index is 0.861. The minimum absolute atomic E-state index is 0.0334. The molecular weight excluding hydrogens is 1010 g/mol. The van der Waals surface area contributed by atoms with Crippen LogP contribution >= 0.6 is 15.9 Å². The Kier molecular flexibility index (Phi) is 14.3. The zero-order valence-electron chi connectivity index (χ0n) is 41.6. The van der Waals surface area contributed by atoms with Gasteiger partial charge in [0.15, 0.2) is 0 Å². The van der Waals surface area contributed by atoms with E-state index in [0.29, 0.717) is 67.2 Å². The maximum absolute atomic E-state index is 14.8. The third-order valence-electron chi connectivity index (χ3n) is 14.9. The fourth-order valence-corrected chi connectivity index (χ4v) is 11.6. The Labute approximate surface area is 437 Å². The summed E-state index contributed by atoms with van der Waals surface area (Å²) in [6.07, 6.45) is -0.215. The Morgan fingerprint density at radius 2 is 1.49 bits per heavy atom. The lowest BCUT2D eigenvalue weighted by molar-refractivity contribution is -0.129. The highest BCUT2D eigenvalue weighted by atomic mass is 79.9. The van der Waals surface area contributed by atoms with E-state index in [1.54, 1.807) is 28.5 Å². The van der Waals surface area contributed by atoms with Crippen LogP contribution in [0.2, 0.25) is 0 Å². The van der Waals surface area contributed by atoms with Crippen LogP contribution in [0.5, 0.6) is 5.75 Å². The van der Waals surface area contributed by atoms with E-state index in [0.717, 1.165) is 68.1 Å². The number of aromatic nitrogens is 1. The highest BCUT2D eigenvalue weighted by Gasteiger charge is 2.39. The predicted octanol–water partition coefficient (Wildman–Crippen LogP) is 7.59. The van der Waals surface area contributed by atoms with E-state index in [9.17, 15) is 28.8 Å². The first-order valence-electron chi connectivity index (χ1n) is 25.3. The van der Waals surface area contributed by atoms with E-state index in [1.807, 2.05) is 92.0 Å². The molecular formula is C56H60BrN9O8. The summed E-state index contributed by atoms with van der Waals surface area (Å²) in [5.41, 5.74) is 13.9. The molecule has 4 aliphatic rings. The number of halogens is 1. The first-order valence-corrected chi connectivity index (χ1v) is 26.4. The summed E-state index contributed by atoms with van der Waals surface area (Å²) in [4.78, 5) is 92.8. The molecule has 6 N–H and O–H groups in total. The first-order chi connectivity index (χ1) is 35.8. The van der Waals surface area contributed by atoms with Crippen LogP contribution in [0, 0.1) is 5.92 Å². The molecule has 3 aliphatic heterocycles. The number of fused-ring (bicyclic) bond motifs is 9. The number of primary amides is 1. The number of hydrogen-bond donors (Lipinski definition) is 5. The van der Waals surface area contributed by atoms with Crippen LogP contribution in [0.1, 0.15) is 71.3 Å². The lowest BCUT2D eigenvalue weighted by Gasteiger charge is -2.31. The van der Waals surface area contributed by atoms with E-state index in [1.165, 1.54) is 0 Å². The topological polar surface area (TPSA) is 212 Å². The van der Waals surface area contributed by atoms with Gasteiger partial charge in [0, 0.05) is 91.0 Å². The normalized spacial score (nSPS) is 16.9. The van der Waals surface area contributed by atoms with Crippen molar-refractivity contribution in [1.29, 1.82) is 0 Å². The molecule has 384 valence electrons. The van der Waals surface area contributed by atoms with Gasteiger partial charge in [-0.25, -0.2) is 14.4 Å². The number of amides is 7. The number of anilines is 2. The van der Waals surface area contributed by atoms with Gasteiger partial charge in [0.1, 0.15) is 30.1 Å². The van der Waals surface area contributed by atoms with E-state index >= 15 is 0 Å². The van der Waals surface area contributed by atoms with Gasteiger partial charge in [0.05, 0.1) is 5.69 Å². The van der Waals surface area contributed by atoms with Crippen molar-refractivity contribution < 1.29 is 38.2 Å². The Hall–Kier alpha value is -7.44. The minimum Gasteiger partial charge on any atom is -0.449 e. The van der Waals surface area contributed by atoms with Gasteiger partial charge in [-0.1, -0.05) is 103 Å². The number of nitrogens with one attached hydrogen (secondary N) is 4. The van der Waals surface area contributed by atoms with Crippen LogP contribution < -0.4 is 36.2 Å². The third-order valence-corrected chi connectivity index (χ3v) is 15.7. The summed E-state index contributed by atoms with van der Waals surface area (Å²) in [6, 6.07) is 28.4. The van der Waals surface area contributed by atoms with Gasteiger partial charge in [0.25, 0.3) is 5.91 Å². The molecule has 1 saturated heterocycles. The highest BCUT2D eigenvalue weighted by Crippen LogP contribution is 2.47. The molecule has 7 amide bonds. The molecule has 0 spiro atoms. The maximum Gasteiger partial charge on any atom is 0.415 e. The summed E-state index contributed by atoms with van der Waals surface area (Å²) in [5, 5.41) is 11.4. The van der Waals surface area contributed by atoms with Crippen molar-refractivity contribution in [2.24, 2.45) is 11.7 Å². The van der Waals surface area contributed by atoms with Crippen molar-refractivity contribution in [2.45, 2.75) is 57.0 Å². The molecule has 0 radical (unpaired) electrons. The van der Waals surface area contributed by atoms with Crippen LogP contribution in [0.3, 0.4) is 0 Å². The third kappa shape index (κ3) is 9.75. The van der Waals surface area contributed by atoms with Gasteiger partial charge >= 0.3 is 18.2 Å². The van der Waals surface area contributed by atoms with Crippen molar-refractivity contribution in [3.8, 4) is 16.9 Å². The standard InChI is InChI=1S/C56H60BrN9O8/c1-32(2)50(62-55(71)73-31-42-36-13-6-4-11-34(36)35-12-5-7-14-37(35)42)51(67)61-44(17-10-21-59-54(58)70)52(68)65-22-20-38-41-27-45(60-43(41)18-19-46(38)65)53(69)66-30-33(29-57)49-40-16-9-8-15-39(40)48(28-47(49)66)74-56(72)64-25-23-63(3)24-26-64/h4-9,11-16,18-19,27-28,32-33,42,44,50,60H,10,17,20-26,29-31H2,1-3H3,(H,61,67)(H,62,71)(H3,58,59,70)/t33-,44+,50+/m1/s1. The summed E-state index contributed by atoms with van der Waals surface area (Å²) in [6.45, 7) is 7.17. The van der Waals surface area contributed by atoms with Crippen molar-refractivity contribution in [2.75, 3.05) is 74.6 Å². The van der Waals surface area contributed by atoms with E-state index in [-0.39, 0.29) is 49.1 Å². The summed E-state index contributed by atoms with van der Waals surface area (Å²) < 4.78 is 11.9. The SMILES string of the molecule is CC(C)[C@H](NC(=O)OCC1c2ccccc2-c2ccccc21)C(=O)N[C@@H](CCCNC(N)=O)C(=O)N1CCc2c1ccc1[nH]c(C(=O)N3C[C@@H](CBr)c4c3cc(OC(=O)N3CCN(C)CC3)c3ccccc43)cc21. The van der Waals surface area contributed by atoms with E-state index < -0.39 is 36.2 Å². The molecule has 0 unspecified atom stereocenters. The number of carbonyl (C=O) groups is 6. The number of benzene rings is 5. The van der Waals surface area contributed by atoms with Gasteiger partial charge in [0.2, 0.25) is 11.8 Å². The molecule has 1 aliphatic carbocycles. The number of H-pyrrole nitrogens is 1. The molecule has 17 nitrogen and oxygen atoms in total. The molecule has 4 heterocycles. The van der Waals surface area contributed by atoms with Gasteiger partial charge in [-0.05, 0) is 89.2 Å². The number of rotatable bonds is 14. The van der Waals surface area contributed by atoms with Crippen LogP contribution in [0.25, 0.3) is 32.8 Å². The zero-order valence-corrected chi connectivity index (χ0v) is 43.2. The number of likely N-dealkylation sites (N-methyl/N-ethyl adjacent to an activating group) is 1. The van der Waals surface area contributed by atoms with Crippen LogP contribution in [-0.2, 0) is 20.7 Å². The summed E-state index contributed by atoms with van der Waals surface area (Å²) in [7, 11) is 2.03. The van der Waals surface area contributed by atoms with E-state index in [2.05, 4.69) is 53.9 Å². The van der Waals surface area contributed by atoms with Crippen LogP contribution in [0.15, 0.2) is 97.1 Å². The average molecular weight is 1070 g/mol. The zero-order chi connectivity index (χ0) is 51.8. The second-order valence-corrected chi connectivity index (χ2v) is 20.6. The Morgan fingerprint density at radius 1 is 0.797 bits per heavy atom. The smallest absolute Gasteiger partial charge is 0.415 e. The summed E-state index contributed by atoms with van der Waals surface area (Å²) >= 11 is 3.71. The highest BCUT2D eigenvalue weighted by molar-refractivity contribution is 9.09. The van der Waals surface area contributed by atoms with Gasteiger partial charge in [-0.2, -0.15) is 0 Å². The van der Waals surface area contributed by atoms with Gasteiger partial charge in [-0.15, -0.1) is 0 Å². The Bertz CT molecular complexity index is 3140. The van der Waals surface area contributed by atoms with Crippen LogP contribution in [-0.4, -0.2) is 128 Å². The van der Waals surface area contributed by atoms with Crippen molar-refractivity contribution in [1.82, 2.24) is 30.7 Å². The van der Waals surface area contributed by atoms with Crippen LogP contribution in [0.4, 0.5) is 25.8 Å². The minimum atomic E-state index is -1.04. The lowest BCUT2D eigenvalue weighted by Crippen LogP contribution is -2.56. The molecule has 0 bridgehead atoms. The molecule has 10 rings (SSSR count).